The summed E-state index contributed by atoms with van der Waals surface area (Å²) in [5.74, 6) is 0.216. The van der Waals surface area contributed by atoms with Crippen molar-refractivity contribution in [2.24, 2.45) is 11.5 Å². The number of nitrogens with zero attached hydrogens (tertiary/aromatic N) is 1. The van der Waals surface area contributed by atoms with E-state index in [9.17, 15) is 10.1 Å². The lowest BCUT2D eigenvalue weighted by Crippen LogP contribution is -2.20. The van der Waals surface area contributed by atoms with Crippen molar-refractivity contribution >= 4 is 18.1 Å². The third-order valence-electron chi connectivity index (χ3n) is 2.08. The predicted molar refractivity (Wildman–Crippen MR) is 62.9 cm³/mol. The highest BCUT2D eigenvalue weighted by Gasteiger charge is 2.16. The molecule has 1 aromatic rings. The van der Waals surface area contributed by atoms with Crippen molar-refractivity contribution in [2.75, 3.05) is 13.7 Å². The zero-order valence-electron chi connectivity index (χ0n) is 8.75. The Morgan fingerprint density at radius 1 is 1.56 bits per heavy atom. The minimum atomic E-state index is -0.508. The molecule has 0 aliphatic carbocycles. The van der Waals surface area contributed by atoms with Crippen LogP contribution < -0.4 is 16.2 Å². The lowest BCUT2D eigenvalue weighted by Gasteiger charge is -2.09. The van der Waals surface area contributed by atoms with Gasteiger partial charge in [-0.2, -0.15) is 0 Å². The number of hydrogen-bond acceptors (Lipinski definition) is 5. The van der Waals surface area contributed by atoms with E-state index in [1.807, 2.05) is 0 Å². The van der Waals surface area contributed by atoms with Crippen molar-refractivity contribution in [3.63, 3.8) is 0 Å². The van der Waals surface area contributed by atoms with Gasteiger partial charge in [-0.1, -0.05) is 6.07 Å². The minimum Gasteiger partial charge on any atom is -0.490 e. The van der Waals surface area contributed by atoms with Crippen LogP contribution in [0.4, 0.5) is 5.69 Å². The molecule has 0 saturated carbocycles. The van der Waals surface area contributed by atoms with Crippen LogP contribution in [0.1, 0.15) is 11.6 Å². The van der Waals surface area contributed by atoms with Gasteiger partial charge in [0.05, 0.1) is 12.0 Å². The van der Waals surface area contributed by atoms with E-state index in [-0.39, 0.29) is 30.4 Å². The molecule has 0 aliphatic heterocycles. The highest BCUT2D eigenvalue weighted by molar-refractivity contribution is 5.85. The summed E-state index contributed by atoms with van der Waals surface area (Å²) in [7, 11) is 1.38. The number of hydrogen-bond donors (Lipinski definition) is 2. The summed E-state index contributed by atoms with van der Waals surface area (Å²) in [5.41, 5.74) is 11.6. The van der Waals surface area contributed by atoms with Crippen LogP contribution in [0.3, 0.4) is 0 Å². The number of halogens is 1. The number of nitrogens with two attached hydrogens (primary N) is 2. The Morgan fingerprint density at radius 3 is 2.62 bits per heavy atom. The lowest BCUT2D eigenvalue weighted by atomic mass is 10.1. The summed E-state index contributed by atoms with van der Waals surface area (Å²) < 4.78 is 4.86. The molecule has 0 spiro atoms. The molecule has 7 heteroatoms. The molecule has 90 valence electrons. The fraction of sp³-hybridized carbons (Fsp3) is 0.333. The van der Waals surface area contributed by atoms with Gasteiger partial charge in [0.25, 0.3) is 0 Å². The molecule has 0 fully saturated rings. The molecule has 1 aromatic carbocycles. The van der Waals surface area contributed by atoms with E-state index in [2.05, 4.69) is 0 Å². The molecule has 16 heavy (non-hydrogen) atoms. The Morgan fingerprint density at radius 2 is 2.19 bits per heavy atom. The van der Waals surface area contributed by atoms with Gasteiger partial charge < -0.3 is 16.2 Å². The van der Waals surface area contributed by atoms with Crippen LogP contribution in [0.2, 0.25) is 0 Å². The fourth-order valence-corrected chi connectivity index (χ4v) is 1.22. The number of benzene rings is 1. The Hall–Kier alpha value is -1.37. The molecular weight excluding hydrogens is 234 g/mol. The normalized spacial score (nSPS) is 11.4. The van der Waals surface area contributed by atoms with Crippen LogP contribution in [-0.4, -0.2) is 18.6 Å². The van der Waals surface area contributed by atoms with Crippen molar-refractivity contribution in [2.45, 2.75) is 6.04 Å². The van der Waals surface area contributed by atoms with Gasteiger partial charge in [-0.3, -0.25) is 10.1 Å². The van der Waals surface area contributed by atoms with Crippen molar-refractivity contribution in [3.05, 3.63) is 33.9 Å². The highest BCUT2D eigenvalue weighted by Crippen LogP contribution is 2.28. The van der Waals surface area contributed by atoms with Crippen LogP contribution in [0, 0.1) is 10.1 Å². The van der Waals surface area contributed by atoms with Gasteiger partial charge >= 0.3 is 5.69 Å². The molecule has 1 atom stereocenters. The topological polar surface area (TPSA) is 104 Å². The number of ether oxygens (including phenoxy) is 1. The summed E-state index contributed by atoms with van der Waals surface area (Å²) >= 11 is 0. The quantitative estimate of drug-likeness (QED) is 0.610. The molecule has 0 unspecified atom stereocenters. The first-order valence-corrected chi connectivity index (χ1v) is 4.38. The number of nitro groups is 1. The van der Waals surface area contributed by atoms with Crippen LogP contribution in [0.5, 0.6) is 5.75 Å². The van der Waals surface area contributed by atoms with Crippen molar-refractivity contribution in [1.29, 1.82) is 0 Å². The SMILES string of the molecule is COc1ccc([C@@H](N)CN)cc1[N+](=O)[O-].Cl. The van der Waals surface area contributed by atoms with E-state index in [0.717, 1.165) is 0 Å². The van der Waals surface area contributed by atoms with Crippen LogP contribution in [0.15, 0.2) is 18.2 Å². The molecule has 4 N–H and O–H groups in total. The molecule has 0 heterocycles. The number of nitro benzene ring substituents is 1. The molecule has 0 saturated heterocycles. The van der Waals surface area contributed by atoms with Crippen LogP contribution >= 0.6 is 12.4 Å². The third-order valence-corrected chi connectivity index (χ3v) is 2.08. The first-order chi connectivity index (χ1) is 7.10. The Labute approximate surface area is 99.1 Å². The zero-order chi connectivity index (χ0) is 11.4. The maximum absolute atomic E-state index is 10.7. The average molecular weight is 248 g/mol. The van der Waals surface area contributed by atoms with Crippen LogP contribution in [0.25, 0.3) is 0 Å². The second-order valence-corrected chi connectivity index (χ2v) is 3.03. The standard InChI is InChI=1S/C9H13N3O3.ClH/c1-15-9-3-2-6(7(11)5-10)4-8(9)12(13)14;/h2-4,7H,5,10-11H2,1H3;1H/t7-;/m0./s1. The van der Waals surface area contributed by atoms with E-state index < -0.39 is 11.0 Å². The smallest absolute Gasteiger partial charge is 0.311 e. The first kappa shape index (κ1) is 14.6. The average Bonchev–Trinajstić information content (AvgIpc) is 2.27. The van der Waals surface area contributed by atoms with Gasteiger partial charge in [-0.15, -0.1) is 12.4 Å². The van der Waals surface area contributed by atoms with Gasteiger partial charge in [-0.25, -0.2) is 0 Å². The van der Waals surface area contributed by atoms with Gasteiger partial charge in [0.15, 0.2) is 5.75 Å². The molecular formula is C9H14ClN3O3. The van der Waals surface area contributed by atoms with E-state index in [1.165, 1.54) is 19.2 Å². The molecule has 0 aliphatic rings. The van der Waals surface area contributed by atoms with Crippen LogP contribution in [-0.2, 0) is 0 Å². The van der Waals surface area contributed by atoms with E-state index >= 15 is 0 Å². The van der Waals surface area contributed by atoms with E-state index in [4.69, 9.17) is 16.2 Å². The van der Waals surface area contributed by atoms with Gasteiger partial charge in [0.2, 0.25) is 0 Å². The molecule has 6 nitrogen and oxygen atoms in total. The maximum Gasteiger partial charge on any atom is 0.311 e. The summed E-state index contributed by atoms with van der Waals surface area (Å²) in [5, 5.41) is 10.7. The minimum absolute atomic E-state index is 0. The van der Waals surface area contributed by atoms with Crippen molar-refractivity contribution in [1.82, 2.24) is 0 Å². The van der Waals surface area contributed by atoms with E-state index in [0.29, 0.717) is 5.56 Å². The first-order valence-electron chi connectivity index (χ1n) is 4.38. The predicted octanol–water partition coefficient (Wildman–Crippen LogP) is 0.984. The summed E-state index contributed by atoms with van der Waals surface area (Å²) in [6.07, 6.45) is 0. The molecule has 1 rings (SSSR count). The highest BCUT2D eigenvalue weighted by atomic mass is 35.5. The Bertz CT molecular complexity index is 373. The second kappa shape index (κ2) is 6.26. The van der Waals surface area contributed by atoms with Gasteiger partial charge in [0, 0.05) is 18.7 Å². The van der Waals surface area contributed by atoms with Gasteiger partial charge in [-0.05, 0) is 11.6 Å². The maximum atomic E-state index is 10.7. The summed E-state index contributed by atoms with van der Waals surface area (Å²) in [6, 6.07) is 4.18. The molecule has 0 aromatic heterocycles. The van der Waals surface area contributed by atoms with Gasteiger partial charge in [0.1, 0.15) is 0 Å². The molecule has 0 bridgehead atoms. The zero-order valence-corrected chi connectivity index (χ0v) is 9.57. The van der Waals surface area contributed by atoms with E-state index in [1.54, 1.807) is 6.07 Å². The molecule has 0 amide bonds. The van der Waals surface area contributed by atoms with Crippen molar-refractivity contribution in [3.8, 4) is 5.75 Å². The number of methoxy groups -OCH3 is 1. The Kier molecular flexibility index (Phi) is 5.73. The summed E-state index contributed by atoms with van der Waals surface area (Å²) in [4.78, 5) is 10.2. The Balaban J connectivity index is 0.00000225. The molecule has 0 radical (unpaired) electrons. The largest absolute Gasteiger partial charge is 0.490 e. The number of rotatable bonds is 4. The fourth-order valence-electron chi connectivity index (χ4n) is 1.22. The summed E-state index contributed by atoms with van der Waals surface area (Å²) in [6.45, 7) is 0.240. The lowest BCUT2D eigenvalue weighted by molar-refractivity contribution is -0.385. The monoisotopic (exact) mass is 247 g/mol. The third kappa shape index (κ3) is 3.06. The second-order valence-electron chi connectivity index (χ2n) is 3.03. The van der Waals surface area contributed by atoms with Crippen molar-refractivity contribution < 1.29 is 9.66 Å².